The van der Waals surface area contributed by atoms with Crippen LogP contribution in [0.2, 0.25) is 5.02 Å². The molecule has 0 spiro atoms. The van der Waals surface area contributed by atoms with Crippen LogP contribution < -0.4 is 43.4 Å². The lowest BCUT2D eigenvalue weighted by atomic mass is 10.0. The van der Waals surface area contributed by atoms with Crippen molar-refractivity contribution in [3.63, 3.8) is 0 Å². The number of nitrogens with zero attached hydrogens (tertiary/aromatic N) is 6. The van der Waals surface area contributed by atoms with Gasteiger partial charge >= 0.3 is 0 Å². The maximum absolute atomic E-state index is 13.0. The second kappa shape index (κ2) is 12.3. The number of piperidine rings is 2. The molecule has 1 amide bonds. The second-order valence-corrected chi connectivity index (χ2v) is 11.8. The number of halogens is 1. The molecule has 0 saturated carbocycles. The minimum absolute atomic E-state index is 0.0778. The minimum Gasteiger partial charge on any atom is -0.505 e. The maximum atomic E-state index is 13.0. The van der Waals surface area contributed by atoms with E-state index in [0.717, 1.165) is 5.39 Å². The number of pyridine rings is 1. The van der Waals surface area contributed by atoms with Gasteiger partial charge in [0.2, 0.25) is 17.8 Å². The summed E-state index contributed by atoms with van der Waals surface area (Å²) < 4.78 is 0. The van der Waals surface area contributed by atoms with Gasteiger partial charge in [-0.15, -0.1) is 0 Å². The predicted molar refractivity (Wildman–Crippen MR) is 171 cm³/mol. The van der Waals surface area contributed by atoms with Crippen LogP contribution in [0.3, 0.4) is 0 Å². The maximum Gasteiger partial charge on any atom is 0.259 e. The molecule has 2 aromatic heterocycles. The number of carbonyl (C=O) groups excluding carboxylic acids is 1. The Bertz CT molecular complexity index is 1630. The van der Waals surface area contributed by atoms with Crippen LogP contribution in [0, 0.1) is 0 Å². The Hall–Kier alpha value is -4.34. The zero-order valence-corrected chi connectivity index (χ0v) is 24.7. The molecule has 4 atom stereocenters. The summed E-state index contributed by atoms with van der Waals surface area (Å²) in [5, 5.41) is 17.6. The molecule has 6 rings (SSSR count). The Labute approximate surface area is 258 Å². The minimum atomic E-state index is -0.527. The SMILES string of the molecule is N[C@@H]1C[C@H](N)CN(c2nc(Nc3ccc(NC(=O)c4ccc5cccnc5c4O)c(Cl)c3)nc(N3C[C@H](N)C[C@H](N)C3)n2)C1. The lowest BCUT2D eigenvalue weighted by molar-refractivity contribution is 0.102. The Balaban J connectivity index is 1.25. The van der Waals surface area contributed by atoms with Crippen LogP contribution in [-0.4, -0.2) is 81.3 Å². The molecule has 2 fully saturated rings. The summed E-state index contributed by atoms with van der Waals surface area (Å²) >= 11 is 6.58. The fourth-order valence-corrected chi connectivity index (χ4v) is 5.93. The third-order valence-corrected chi connectivity index (χ3v) is 7.99. The third kappa shape index (κ3) is 6.44. The Morgan fingerprint density at radius 1 is 0.864 bits per heavy atom. The van der Waals surface area contributed by atoms with Gasteiger partial charge in [-0.2, -0.15) is 15.0 Å². The van der Waals surface area contributed by atoms with E-state index < -0.39 is 5.91 Å². The summed E-state index contributed by atoms with van der Waals surface area (Å²) in [6.45, 7) is 2.22. The number of rotatable bonds is 6. The van der Waals surface area contributed by atoms with E-state index in [1.54, 1.807) is 48.7 Å². The van der Waals surface area contributed by atoms with E-state index in [1.807, 2.05) is 9.80 Å². The van der Waals surface area contributed by atoms with Gasteiger partial charge in [0.05, 0.1) is 16.3 Å². The number of nitrogens with two attached hydrogens (primary N) is 4. The zero-order chi connectivity index (χ0) is 31.0. The summed E-state index contributed by atoms with van der Waals surface area (Å²) in [5.74, 6) is 0.431. The lowest BCUT2D eigenvalue weighted by Crippen LogP contribution is -2.54. The van der Waals surface area contributed by atoms with Crippen LogP contribution in [0.15, 0.2) is 48.7 Å². The number of aromatic hydroxyl groups is 1. The highest BCUT2D eigenvalue weighted by Gasteiger charge is 2.29. The van der Waals surface area contributed by atoms with E-state index >= 15 is 0 Å². The number of nitrogens with one attached hydrogen (secondary N) is 2. The van der Waals surface area contributed by atoms with Gasteiger partial charge in [-0.3, -0.25) is 9.78 Å². The highest BCUT2D eigenvalue weighted by Crippen LogP contribution is 2.31. The second-order valence-electron chi connectivity index (χ2n) is 11.4. The molecule has 11 N–H and O–H groups in total. The topological polar surface area (TPSA) is 223 Å². The molecule has 0 aliphatic carbocycles. The van der Waals surface area contributed by atoms with E-state index in [2.05, 4.69) is 25.6 Å². The average Bonchev–Trinajstić information content (AvgIpc) is 2.98. The van der Waals surface area contributed by atoms with Crippen LogP contribution in [0.4, 0.5) is 29.2 Å². The summed E-state index contributed by atoms with van der Waals surface area (Å²) in [4.78, 5) is 35.2. The van der Waals surface area contributed by atoms with Gasteiger partial charge in [-0.05, 0) is 43.2 Å². The number of amides is 1. The molecule has 230 valence electrons. The van der Waals surface area contributed by atoms with Gasteiger partial charge in [0.15, 0.2) is 5.75 Å². The van der Waals surface area contributed by atoms with Crippen molar-refractivity contribution in [1.29, 1.82) is 0 Å². The van der Waals surface area contributed by atoms with Crippen molar-refractivity contribution in [3.05, 3.63) is 59.2 Å². The van der Waals surface area contributed by atoms with E-state index in [1.165, 1.54) is 0 Å². The molecule has 4 aromatic rings. The van der Waals surface area contributed by atoms with E-state index in [9.17, 15) is 9.90 Å². The Morgan fingerprint density at radius 3 is 2.07 bits per heavy atom. The van der Waals surface area contributed by atoms with E-state index in [4.69, 9.17) is 39.5 Å². The number of fused-ring (bicyclic) bond motifs is 1. The molecule has 14 nitrogen and oxygen atoms in total. The predicted octanol–water partition coefficient (Wildman–Crippen LogP) is 1.50. The van der Waals surface area contributed by atoms with Crippen molar-refractivity contribution in [2.45, 2.75) is 37.0 Å². The molecule has 44 heavy (non-hydrogen) atoms. The van der Waals surface area contributed by atoms with Crippen molar-refractivity contribution >= 4 is 57.6 Å². The van der Waals surface area contributed by atoms with Crippen LogP contribution in [-0.2, 0) is 0 Å². The van der Waals surface area contributed by atoms with Crippen molar-refractivity contribution < 1.29 is 9.90 Å². The van der Waals surface area contributed by atoms with Crippen LogP contribution in [0.25, 0.3) is 10.9 Å². The van der Waals surface area contributed by atoms with Crippen LogP contribution in [0.1, 0.15) is 23.2 Å². The summed E-state index contributed by atoms with van der Waals surface area (Å²) in [6.07, 6.45) is 2.99. The zero-order valence-electron chi connectivity index (χ0n) is 23.9. The van der Waals surface area contributed by atoms with Gasteiger partial charge in [0.25, 0.3) is 5.91 Å². The van der Waals surface area contributed by atoms with Crippen molar-refractivity contribution in [2.24, 2.45) is 22.9 Å². The van der Waals surface area contributed by atoms with Crippen LogP contribution >= 0.6 is 11.6 Å². The van der Waals surface area contributed by atoms with Crippen molar-refractivity contribution in [3.8, 4) is 5.75 Å². The lowest BCUT2D eigenvalue weighted by Gasteiger charge is -2.37. The first-order chi connectivity index (χ1) is 21.1. The monoisotopic (exact) mass is 618 g/mol. The number of aromatic nitrogens is 4. The highest BCUT2D eigenvalue weighted by molar-refractivity contribution is 6.34. The van der Waals surface area contributed by atoms with Gasteiger partial charge in [0.1, 0.15) is 5.52 Å². The van der Waals surface area contributed by atoms with Crippen molar-refractivity contribution in [2.75, 3.05) is 46.6 Å². The molecule has 2 saturated heterocycles. The number of phenolic OH excluding ortho intramolecular Hbond substituents is 1. The normalized spacial score (nSPS) is 22.2. The quantitative estimate of drug-likeness (QED) is 0.163. The molecule has 2 aromatic carbocycles. The average molecular weight is 619 g/mol. The van der Waals surface area contributed by atoms with Crippen LogP contribution in [0.5, 0.6) is 5.75 Å². The largest absolute Gasteiger partial charge is 0.505 e. The molecule has 4 heterocycles. The number of benzene rings is 2. The third-order valence-electron chi connectivity index (χ3n) is 7.67. The Kier molecular flexibility index (Phi) is 8.33. The van der Waals surface area contributed by atoms with Crippen molar-refractivity contribution in [1.82, 2.24) is 19.9 Å². The fourth-order valence-electron chi connectivity index (χ4n) is 5.70. The first-order valence-electron chi connectivity index (χ1n) is 14.4. The molecule has 0 bridgehead atoms. The first kappa shape index (κ1) is 29.7. The Morgan fingerprint density at radius 2 is 1.48 bits per heavy atom. The number of carbonyl (C=O) groups is 1. The number of hydrogen-bond donors (Lipinski definition) is 7. The summed E-state index contributed by atoms with van der Waals surface area (Å²) in [6, 6.07) is 11.4. The van der Waals surface area contributed by atoms with Gasteiger partial charge in [-0.25, -0.2) is 0 Å². The van der Waals surface area contributed by atoms with Gasteiger partial charge < -0.3 is 48.5 Å². The molecule has 0 radical (unpaired) electrons. The fraction of sp³-hybridized carbons (Fsp3) is 0.345. The standard InChI is InChI=1S/C29H35ClN12O2/c30-22-10-20(4-6-23(22)37-26(44)21-5-3-15-2-1-7-35-24(15)25(21)43)36-27-38-28(41-11-16(31)8-17(32)12-41)40-29(39-27)42-13-18(33)9-19(34)14-42/h1-7,10,16-19,43H,8-9,11-14,31-34H2,(H,37,44)(H,36,38,39,40)/t16-,17+,18-,19+. The number of phenols is 1. The van der Waals surface area contributed by atoms with Gasteiger partial charge in [0, 0.05) is 67.6 Å². The smallest absolute Gasteiger partial charge is 0.259 e. The highest BCUT2D eigenvalue weighted by atomic mass is 35.5. The molecular formula is C29H35ClN12O2. The molecular weight excluding hydrogens is 584 g/mol. The summed E-state index contributed by atoms with van der Waals surface area (Å²) in [7, 11) is 0. The van der Waals surface area contributed by atoms with Gasteiger partial charge in [-0.1, -0.05) is 23.7 Å². The molecule has 0 unspecified atom stereocenters. The molecule has 2 aliphatic rings. The number of hydrogen-bond acceptors (Lipinski definition) is 13. The van der Waals surface area contributed by atoms with E-state index in [-0.39, 0.29) is 46.5 Å². The number of anilines is 5. The molecule has 2 aliphatic heterocycles. The first-order valence-corrected chi connectivity index (χ1v) is 14.7. The summed E-state index contributed by atoms with van der Waals surface area (Å²) in [5.41, 5.74) is 26.4. The van der Waals surface area contributed by atoms with E-state index in [0.29, 0.717) is 67.8 Å². The molecule has 15 heteroatoms.